The minimum absolute atomic E-state index is 0.826. The molecule has 1 unspecified atom stereocenters. The predicted octanol–water partition coefficient (Wildman–Crippen LogP) is 2.58. The normalized spacial score (nSPS) is 18.4. The molecule has 0 saturated heterocycles. The molecule has 1 rings (SSSR count). The molecule has 2 heteroatoms. The van der Waals surface area contributed by atoms with E-state index in [1.807, 2.05) is 0 Å². The lowest BCUT2D eigenvalue weighted by atomic mass is 10.0. The number of rotatable bonds is 9. The third-order valence-corrected chi connectivity index (χ3v) is 2.84. The number of nitrogens with one attached hydrogen (secondary N) is 1. The van der Waals surface area contributed by atoms with E-state index in [1.165, 1.54) is 38.6 Å². The van der Waals surface area contributed by atoms with Crippen LogP contribution in [0.2, 0.25) is 0 Å². The van der Waals surface area contributed by atoms with Crippen LogP contribution in [0, 0.1) is 5.92 Å². The maximum Gasteiger partial charge on any atom is 0.0469 e. The Hall–Kier alpha value is -0.0800. The van der Waals surface area contributed by atoms with Gasteiger partial charge in [-0.25, -0.2) is 0 Å². The maximum atomic E-state index is 5.40. The number of ether oxygens (including phenoxy) is 1. The van der Waals surface area contributed by atoms with Crippen LogP contribution < -0.4 is 5.32 Å². The van der Waals surface area contributed by atoms with Gasteiger partial charge in [0.2, 0.25) is 0 Å². The second-order valence-electron chi connectivity index (χ2n) is 4.32. The van der Waals surface area contributed by atoms with E-state index in [4.69, 9.17) is 4.74 Å². The van der Waals surface area contributed by atoms with Crippen molar-refractivity contribution in [1.29, 1.82) is 0 Å². The van der Waals surface area contributed by atoms with Gasteiger partial charge in [-0.1, -0.05) is 13.3 Å². The van der Waals surface area contributed by atoms with Crippen molar-refractivity contribution in [3.05, 3.63) is 0 Å². The first-order valence-electron chi connectivity index (χ1n) is 6.18. The molecule has 14 heavy (non-hydrogen) atoms. The molecule has 0 aromatic rings. The SMILES string of the molecule is CCCC(CCOCC)CNC1CC1. The van der Waals surface area contributed by atoms with Crippen molar-refractivity contribution < 1.29 is 4.74 Å². The molecule has 0 heterocycles. The van der Waals surface area contributed by atoms with E-state index in [-0.39, 0.29) is 0 Å². The monoisotopic (exact) mass is 199 g/mol. The van der Waals surface area contributed by atoms with Crippen molar-refractivity contribution in [2.45, 2.75) is 52.0 Å². The summed E-state index contributed by atoms with van der Waals surface area (Å²) in [6, 6.07) is 0.849. The van der Waals surface area contributed by atoms with Crippen LogP contribution in [-0.4, -0.2) is 25.8 Å². The standard InChI is InChI=1S/C12H25NO/c1-3-5-11(8-9-14-4-2)10-13-12-6-7-12/h11-13H,3-10H2,1-2H3. The predicted molar refractivity (Wildman–Crippen MR) is 60.5 cm³/mol. The summed E-state index contributed by atoms with van der Waals surface area (Å²) < 4.78 is 5.40. The lowest BCUT2D eigenvalue weighted by Crippen LogP contribution is -2.25. The molecule has 0 spiro atoms. The fourth-order valence-electron chi connectivity index (χ4n) is 1.77. The van der Waals surface area contributed by atoms with Crippen molar-refractivity contribution in [1.82, 2.24) is 5.32 Å². The number of hydrogen-bond donors (Lipinski definition) is 1. The first kappa shape index (κ1) is 12.0. The first-order valence-corrected chi connectivity index (χ1v) is 6.18. The van der Waals surface area contributed by atoms with Gasteiger partial charge in [0.1, 0.15) is 0 Å². The summed E-state index contributed by atoms with van der Waals surface area (Å²) in [5.41, 5.74) is 0. The topological polar surface area (TPSA) is 21.3 Å². The van der Waals surface area contributed by atoms with Gasteiger partial charge in [0.25, 0.3) is 0 Å². The molecule has 1 atom stereocenters. The Morgan fingerprint density at radius 2 is 2.07 bits per heavy atom. The molecule has 0 amide bonds. The van der Waals surface area contributed by atoms with E-state index in [1.54, 1.807) is 0 Å². The van der Waals surface area contributed by atoms with Crippen molar-refractivity contribution in [3.63, 3.8) is 0 Å². The molecule has 1 N–H and O–H groups in total. The zero-order chi connectivity index (χ0) is 10.2. The van der Waals surface area contributed by atoms with Crippen LogP contribution in [0.5, 0.6) is 0 Å². The summed E-state index contributed by atoms with van der Waals surface area (Å²) in [4.78, 5) is 0. The number of hydrogen-bond acceptors (Lipinski definition) is 2. The van der Waals surface area contributed by atoms with Crippen molar-refractivity contribution in [2.75, 3.05) is 19.8 Å². The van der Waals surface area contributed by atoms with Gasteiger partial charge in [-0.15, -0.1) is 0 Å². The molecule has 0 aromatic heterocycles. The highest BCUT2D eigenvalue weighted by atomic mass is 16.5. The van der Waals surface area contributed by atoms with Crippen LogP contribution in [0.1, 0.15) is 46.0 Å². The van der Waals surface area contributed by atoms with E-state index in [0.717, 1.165) is 25.2 Å². The van der Waals surface area contributed by atoms with E-state index < -0.39 is 0 Å². The summed E-state index contributed by atoms with van der Waals surface area (Å²) in [5, 5.41) is 3.61. The highest BCUT2D eigenvalue weighted by molar-refractivity contribution is 4.81. The van der Waals surface area contributed by atoms with Gasteiger partial charge < -0.3 is 10.1 Å². The van der Waals surface area contributed by atoms with E-state index in [2.05, 4.69) is 19.2 Å². The van der Waals surface area contributed by atoms with Gasteiger partial charge in [0, 0.05) is 19.3 Å². The quantitative estimate of drug-likeness (QED) is 0.576. The van der Waals surface area contributed by atoms with E-state index in [0.29, 0.717) is 0 Å². The molecule has 0 radical (unpaired) electrons. The Balaban J connectivity index is 2.02. The molecular weight excluding hydrogens is 174 g/mol. The molecule has 1 aliphatic carbocycles. The fraction of sp³-hybridized carbons (Fsp3) is 1.00. The van der Waals surface area contributed by atoms with Crippen LogP contribution in [0.3, 0.4) is 0 Å². The summed E-state index contributed by atoms with van der Waals surface area (Å²) >= 11 is 0. The van der Waals surface area contributed by atoms with Gasteiger partial charge >= 0.3 is 0 Å². The molecule has 0 bridgehead atoms. The maximum absolute atomic E-state index is 5.40. The summed E-state index contributed by atoms with van der Waals surface area (Å²) in [7, 11) is 0. The van der Waals surface area contributed by atoms with Crippen molar-refractivity contribution in [3.8, 4) is 0 Å². The van der Waals surface area contributed by atoms with Crippen LogP contribution in [-0.2, 0) is 4.74 Å². The lowest BCUT2D eigenvalue weighted by molar-refractivity contribution is 0.130. The summed E-state index contributed by atoms with van der Waals surface area (Å²) in [6.45, 7) is 7.33. The van der Waals surface area contributed by atoms with Gasteiger partial charge in [0.15, 0.2) is 0 Å². The Kier molecular flexibility index (Phi) is 6.20. The zero-order valence-electron chi connectivity index (χ0n) is 9.72. The summed E-state index contributed by atoms with van der Waals surface area (Å²) in [5.74, 6) is 0.826. The zero-order valence-corrected chi connectivity index (χ0v) is 9.72. The molecule has 1 aliphatic rings. The Labute approximate surface area is 88.4 Å². The summed E-state index contributed by atoms with van der Waals surface area (Å²) in [6.07, 6.45) is 6.64. The van der Waals surface area contributed by atoms with Gasteiger partial charge in [-0.05, 0) is 45.1 Å². The Morgan fingerprint density at radius 3 is 2.64 bits per heavy atom. The van der Waals surface area contributed by atoms with Crippen LogP contribution in [0.15, 0.2) is 0 Å². The second kappa shape index (κ2) is 7.24. The van der Waals surface area contributed by atoms with Gasteiger partial charge in [0.05, 0.1) is 0 Å². The Bertz CT molecular complexity index is 134. The minimum atomic E-state index is 0.826. The highest BCUT2D eigenvalue weighted by Crippen LogP contribution is 2.20. The van der Waals surface area contributed by atoms with Gasteiger partial charge in [-0.2, -0.15) is 0 Å². The van der Waals surface area contributed by atoms with Crippen molar-refractivity contribution in [2.24, 2.45) is 5.92 Å². The highest BCUT2D eigenvalue weighted by Gasteiger charge is 2.21. The van der Waals surface area contributed by atoms with Crippen LogP contribution >= 0.6 is 0 Å². The minimum Gasteiger partial charge on any atom is -0.382 e. The molecular formula is C12H25NO. The molecule has 84 valence electrons. The van der Waals surface area contributed by atoms with Crippen LogP contribution in [0.25, 0.3) is 0 Å². The van der Waals surface area contributed by atoms with E-state index in [9.17, 15) is 0 Å². The molecule has 0 aliphatic heterocycles. The third kappa shape index (κ3) is 5.61. The molecule has 0 aromatic carbocycles. The average molecular weight is 199 g/mol. The lowest BCUT2D eigenvalue weighted by Gasteiger charge is -2.16. The molecule has 1 saturated carbocycles. The first-order chi connectivity index (χ1) is 6.86. The fourth-order valence-corrected chi connectivity index (χ4v) is 1.77. The average Bonchev–Trinajstić information content (AvgIpc) is 2.98. The van der Waals surface area contributed by atoms with Gasteiger partial charge in [-0.3, -0.25) is 0 Å². The van der Waals surface area contributed by atoms with Crippen molar-refractivity contribution >= 4 is 0 Å². The Morgan fingerprint density at radius 1 is 1.29 bits per heavy atom. The second-order valence-corrected chi connectivity index (χ2v) is 4.32. The third-order valence-electron chi connectivity index (χ3n) is 2.84. The molecule has 2 nitrogen and oxygen atoms in total. The largest absolute Gasteiger partial charge is 0.382 e. The van der Waals surface area contributed by atoms with Crippen LogP contribution in [0.4, 0.5) is 0 Å². The molecule has 1 fully saturated rings. The smallest absolute Gasteiger partial charge is 0.0469 e. The van der Waals surface area contributed by atoms with E-state index >= 15 is 0 Å².